The van der Waals surface area contributed by atoms with E-state index in [4.69, 9.17) is 0 Å². The Bertz CT molecular complexity index is 891. The molecule has 2 amide bonds. The lowest BCUT2D eigenvalue weighted by atomic mass is 10.1. The molecule has 132 valence electrons. The number of anilines is 1. The number of aromatic nitrogens is 3. The molecule has 0 aliphatic carbocycles. The number of pyridine rings is 1. The van der Waals surface area contributed by atoms with Crippen molar-refractivity contribution in [1.29, 1.82) is 0 Å². The molecule has 0 aliphatic rings. The maximum atomic E-state index is 12.5. The number of nitrogens with one attached hydrogen (secondary N) is 2. The number of benzene rings is 1. The van der Waals surface area contributed by atoms with E-state index in [0.29, 0.717) is 11.3 Å². The smallest absolute Gasteiger partial charge is 0.255 e. The normalized spacial score (nSPS) is 10.3. The Morgan fingerprint density at radius 1 is 1.08 bits per heavy atom. The molecule has 7 nitrogen and oxygen atoms in total. The van der Waals surface area contributed by atoms with E-state index < -0.39 is 0 Å². The van der Waals surface area contributed by atoms with E-state index in [0.717, 1.165) is 11.3 Å². The highest BCUT2D eigenvalue weighted by Crippen LogP contribution is 2.22. The third-order valence-electron chi connectivity index (χ3n) is 3.83. The van der Waals surface area contributed by atoms with Crippen molar-refractivity contribution in [2.45, 2.75) is 6.42 Å². The Hall–Kier alpha value is -3.48. The minimum absolute atomic E-state index is 0.175. The van der Waals surface area contributed by atoms with Crippen molar-refractivity contribution in [3.63, 3.8) is 0 Å². The molecule has 0 aliphatic heterocycles. The van der Waals surface area contributed by atoms with Crippen LogP contribution in [-0.4, -0.2) is 33.1 Å². The van der Waals surface area contributed by atoms with Crippen LogP contribution in [0.4, 0.5) is 5.69 Å². The van der Waals surface area contributed by atoms with Crippen LogP contribution in [0.1, 0.15) is 16.8 Å². The molecule has 0 saturated carbocycles. The predicted octanol–water partition coefficient (Wildman–Crippen LogP) is 2.24. The summed E-state index contributed by atoms with van der Waals surface area (Å²) in [5.41, 5.74) is 2.81. The summed E-state index contributed by atoms with van der Waals surface area (Å²) in [5.74, 6) is -0.431. The first-order valence-electron chi connectivity index (χ1n) is 8.20. The molecule has 2 heterocycles. The van der Waals surface area contributed by atoms with Crippen molar-refractivity contribution >= 4 is 17.5 Å². The second-order valence-electron chi connectivity index (χ2n) is 5.69. The molecule has 0 atom stereocenters. The lowest BCUT2D eigenvalue weighted by Gasteiger charge is -2.08. The van der Waals surface area contributed by atoms with Crippen molar-refractivity contribution in [2.24, 2.45) is 7.05 Å². The summed E-state index contributed by atoms with van der Waals surface area (Å²) >= 11 is 0. The number of amides is 2. The Kier molecular flexibility index (Phi) is 5.38. The second-order valence-corrected chi connectivity index (χ2v) is 5.69. The fourth-order valence-corrected chi connectivity index (χ4v) is 2.59. The summed E-state index contributed by atoms with van der Waals surface area (Å²) in [6, 6.07) is 13.0. The van der Waals surface area contributed by atoms with Gasteiger partial charge in [-0.2, -0.15) is 5.10 Å². The number of carbonyl (C=O) groups is 2. The molecule has 0 spiro atoms. The van der Waals surface area contributed by atoms with E-state index in [9.17, 15) is 9.59 Å². The highest BCUT2D eigenvalue weighted by molar-refractivity contribution is 6.00. The van der Waals surface area contributed by atoms with Gasteiger partial charge in [0.1, 0.15) is 0 Å². The predicted molar refractivity (Wildman–Crippen MR) is 98.5 cm³/mol. The molecule has 3 rings (SSSR count). The summed E-state index contributed by atoms with van der Waals surface area (Å²) < 4.78 is 1.67. The zero-order valence-corrected chi connectivity index (χ0v) is 14.3. The van der Waals surface area contributed by atoms with Crippen LogP contribution in [0, 0.1) is 0 Å². The summed E-state index contributed by atoms with van der Waals surface area (Å²) in [6.07, 6.45) is 4.92. The van der Waals surface area contributed by atoms with Gasteiger partial charge in [-0.25, -0.2) is 0 Å². The molecule has 2 N–H and O–H groups in total. The first kappa shape index (κ1) is 17.3. The van der Waals surface area contributed by atoms with Gasteiger partial charge in [-0.15, -0.1) is 0 Å². The fraction of sp³-hybridized carbons (Fsp3) is 0.158. The molecule has 0 unspecified atom stereocenters. The quantitative estimate of drug-likeness (QED) is 0.714. The van der Waals surface area contributed by atoms with Crippen molar-refractivity contribution < 1.29 is 9.59 Å². The van der Waals surface area contributed by atoms with Gasteiger partial charge in [0.05, 0.1) is 17.5 Å². The lowest BCUT2D eigenvalue weighted by Crippen LogP contribution is -2.27. The number of carbonyl (C=O) groups excluding carboxylic acids is 2. The van der Waals surface area contributed by atoms with Crippen LogP contribution in [0.2, 0.25) is 0 Å². The molecule has 0 saturated heterocycles. The second kappa shape index (κ2) is 8.06. The molecular weight excluding hydrogens is 330 g/mol. The monoisotopic (exact) mass is 349 g/mol. The van der Waals surface area contributed by atoms with Gasteiger partial charge in [-0.3, -0.25) is 19.3 Å². The van der Waals surface area contributed by atoms with Gasteiger partial charge >= 0.3 is 0 Å². The topological polar surface area (TPSA) is 88.9 Å². The molecule has 0 fully saturated rings. The molecule has 2 aromatic heterocycles. The molecule has 7 heteroatoms. The molecular formula is C19H19N5O2. The molecule has 0 radical (unpaired) electrons. The zero-order valence-electron chi connectivity index (χ0n) is 14.3. The van der Waals surface area contributed by atoms with Crippen LogP contribution in [0.5, 0.6) is 0 Å². The van der Waals surface area contributed by atoms with E-state index in [1.54, 1.807) is 36.3 Å². The van der Waals surface area contributed by atoms with Gasteiger partial charge in [-0.1, -0.05) is 30.3 Å². The molecule has 3 aromatic rings. The number of hydrogen-bond acceptors (Lipinski definition) is 4. The SMILES string of the molecule is Cn1ncc(C(=O)NCCC(=O)Nc2ccncc2)c1-c1ccccc1. The molecule has 1 aromatic carbocycles. The summed E-state index contributed by atoms with van der Waals surface area (Å²) in [6.45, 7) is 0.235. The highest BCUT2D eigenvalue weighted by atomic mass is 16.2. The van der Waals surface area contributed by atoms with Crippen molar-refractivity contribution in [3.05, 3.63) is 66.6 Å². The van der Waals surface area contributed by atoms with E-state index >= 15 is 0 Å². The van der Waals surface area contributed by atoms with Gasteiger partial charge in [0, 0.05) is 43.7 Å². The molecule has 0 bridgehead atoms. The maximum absolute atomic E-state index is 12.5. The van der Waals surface area contributed by atoms with Gasteiger partial charge in [-0.05, 0) is 12.1 Å². The minimum atomic E-state index is -0.256. The van der Waals surface area contributed by atoms with E-state index in [-0.39, 0.29) is 24.8 Å². The number of nitrogens with zero attached hydrogens (tertiary/aromatic N) is 3. The number of hydrogen-bond donors (Lipinski definition) is 2. The van der Waals surface area contributed by atoms with Crippen molar-refractivity contribution in [1.82, 2.24) is 20.1 Å². The highest BCUT2D eigenvalue weighted by Gasteiger charge is 2.17. The van der Waals surface area contributed by atoms with E-state index in [1.807, 2.05) is 30.3 Å². The van der Waals surface area contributed by atoms with Crippen molar-refractivity contribution in [2.75, 3.05) is 11.9 Å². The Labute approximate surface area is 151 Å². The lowest BCUT2D eigenvalue weighted by molar-refractivity contribution is -0.116. The first-order valence-corrected chi connectivity index (χ1v) is 8.20. The minimum Gasteiger partial charge on any atom is -0.351 e. The first-order chi connectivity index (χ1) is 12.6. The van der Waals surface area contributed by atoms with Gasteiger partial charge < -0.3 is 10.6 Å². The average Bonchev–Trinajstić information content (AvgIpc) is 3.05. The molecule has 26 heavy (non-hydrogen) atoms. The van der Waals surface area contributed by atoms with Crippen LogP contribution < -0.4 is 10.6 Å². The fourth-order valence-electron chi connectivity index (χ4n) is 2.59. The van der Waals surface area contributed by atoms with Crippen molar-refractivity contribution in [3.8, 4) is 11.3 Å². The van der Waals surface area contributed by atoms with Gasteiger partial charge in [0.15, 0.2) is 0 Å². The van der Waals surface area contributed by atoms with Gasteiger partial charge in [0.2, 0.25) is 5.91 Å². The standard InChI is InChI=1S/C19H19N5O2/c1-24-18(14-5-3-2-4-6-14)16(13-22-24)19(26)21-12-9-17(25)23-15-7-10-20-11-8-15/h2-8,10-11,13H,9,12H2,1H3,(H,21,26)(H,20,23,25). The van der Waals surface area contributed by atoms with Gasteiger partial charge in [0.25, 0.3) is 5.91 Å². The number of aryl methyl sites for hydroxylation is 1. The van der Waals surface area contributed by atoms with Crippen LogP contribution in [0.25, 0.3) is 11.3 Å². The zero-order chi connectivity index (χ0) is 18.4. The Morgan fingerprint density at radius 3 is 2.54 bits per heavy atom. The largest absolute Gasteiger partial charge is 0.351 e. The van der Waals surface area contributed by atoms with E-state index in [1.165, 1.54) is 6.20 Å². The van der Waals surface area contributed by atoms with Crippen LogP contribution in [-0.2, 0) is 11.8 Å². The summed E-state index contributed by atoms with van der Waals surface area (Å²) in [5, 5.41) is 9.71. The summed E-state index contributed by atoms with van der Waals surface area (Å²) in [7, 11) is 1.79. The van der Waals surface area contributed by atoms with Crippen LogP contribution >= 0.6 is 0 Å². The average molecular weight is 349 g/mol. The number of rotatable bonds is 6. The van der Waals surface area contributed by atoms with Crippen LogP contribution in [0.3, 0.4) is 0 Å². The third-order valence-corrected chi connectivity index (χ3v) is 3.83. The van der Waals surface area contributed by atoms with Crippen LogP contribution in [0.15, 0.2) is 61.1 Å². The Balaban J connectivity index is 1.59. The Morgan fingerprint density at radius 2 is 1.81 bits per heavy atom. The van der Waals surface area contributed by atoms with E-state index in [2.05, 4.69) is 20.7 Å². The summed E-state index contributed by atoms with van der Waals surface area (Å²) in [4.78, 5) is 28.3. The third kappa shape index (κ3) is 4.13. The maximum Gasteiger partial charge on any atom is 0.255 e.